The number of H-pyrrole nitrogens is 1. The number of rotatable bonds is 7. The van der Waals surface area contributed by atoms with Gasteiger partial charge in [0.2, 0.25) is 5.91 Å². The number of amides is 2. The minimum Gasteiger partial charge on any atom is -0.361 e. The molecule has 1 heterocycles. The number of carbonyl (C=O) groups is 2. The van der Waals surface area contributed by atoms with Crippen LogP contribution in [-0.4, -0.2) is 37.5 Å². The number of carbonyl (C=O) groups excluding carboxylic acids is 2. The first-order valence-corrected chi connectivity index (χ1v) is 12.3. The van der Waals surface area contributed by atoms with Crippen LogP contribution in [0.25, 0.3) is 10.9 Å². The van der Waals surface area contributed by atoms with Crippen molar-refractivity contribution >= 4 is 38.2 Å². The Balaban J connectivity index is 1.61. The average molecular weight is 480 g/mol. The van der Waals surface area contributed by atoms with Crippen molar-refractivity contribution in [2.24, 2.45) is 0 Å². The molecule has 0 saturated heterocycles. The van der Waals surface area contributed by atoms with E-state index in [0.717, 1.165) is 22.7 Å². The van der Waals surface area contributed by atoms with E-state index in [4.69, 9.17) is 0 Å². The zero-order chi connectivity index (χ0) is 24.3. The molecule has 1 aromatic heterocycles. The topological polar surface area (TPSA) is 108 Å². The van der Waals surface area contributed by atoms with Gasteiger partial charge in [0.1, 0.15) is 11.9 Å². The highest BCUT2D eigenvalue weighted by molar-refractivity contribution is 7.90. The molecule has 3 N–H and O–H groups in total. The SMILES string of the molecule is CS(=O)(=O)c1cccc(NC(=O)[C@@H](Cc2c[nH]c3ccccc23)NC(=O)c2ccc(F)cc2)c1. The number of hydrogen-bond donors (Lipinski definition) is 3. The Morgan fingerprint density at radius 3 is 2.47 bits per heavy atom. The molecule has 4 rings (SSSR count). The van der Waals surface area contributed by atoms with Gasteiger partial charge >= 0.3 is 0 Å². The number of sulfone groups is 1. The quantitative estimate of drug-likeness (QED) is 0.376. The number of fused-ring (bicyclic) bond motifs is 1. The fraction of sp³-hybridized carbons (Fsp3) is 0.120. The molecule has 0 radical (unpaired) electrons. The van der Waals surface area contributed by atoms with Crippen molar-refractivity contribution in [3.05, 3.63) is 95.9 Å². The smallest absolute Gasteiger partial charge is 0.251 e. The largest absolute Gasteiger partial charge is 0.361 e. The number of hydrogen-bond acceptors (Lipinski definition) is 4. The number of aromatic nitrogens is 1. The lowest BCUT2D eigenvalue weighted by molar-refractivity contribution is -0.118. The molecular weight excluding hydrogens is 457 g/mol. The molecule has 34 heavy (non-hydrogen) atoms. The summed E-state index contributed by atoms with van der Waals surface area (Å²) in [4.78, 5) is 29.2. The van der Waals surface area contributed by atoms with Gasteiger partial charge in [-0.1, -0.05) is 24.3 Å². The number of para-hydroxylation sites is 1. The van der Waals surface area contributed by atoms with Gasteiger partial charge in [-0.05, 0) is 54.1 Å². The lowest BCUT2D eigenvalue weighted by Crippen LogP contribution is -2.45. The predicted molar refractivity (Wildman–Crippen MR) is 128 cm³/mol. The Morgan fingerprint density at radius 1 is 1.00 bits per heavy atom. The Labute approximate surface area is 195 Å². The molecule has 1 atom stereocenters. The van der Waals surface area contributed by atoms with Gasteiger partial charge in [0, 0.05) is 41.0 Å². The van der Waals surface area contributed by atoms with Crippen LogP contribution in [0.2, 0.25) is 0 Å². The molecule has 0 bridgehead atoms. The number of anilines is 1. The van der Waals surface area contributed by atoms with E-state index in [2.05, 4.69) is 15.6 Å². The van der Waals surface area contributed by atoms with Gasteiger partial charge in [0.25, 0.3) is 5.91 Å². The van der Waals surface area contributed by atoms with E-state index in [1.807, 2.05) is 24.3 Å². The second-order valence-corrected chi connectivity index (χ2v) is 9.90. The maximum atomic E-state index is 13.3. The molecule has 0 unspecified atom stereocenters. The van der Waals surface area contributed by atoms with E-state index in [1.54, 1.807) is 12.3 Å². The number of benzene rings is 3. The van der Waals surface area contributed by atoms with E-state index in [0.29, 0.717) is 0 Å². The lowest BCUT2D eigenvalue weighted by Gasteiger charge is -2.19. The maximum Gasteiger partial charge on any atom is 0.251 e. The summed E-state index contributed by atoms with van der Waals surface area (Å²) in [5, 5.41) is 6.32. The van der Waals surface area contributed by atoms with Crippen LogP contribution in [0, 0.1) is 5.82 Å². The van der Waals surface area contributed by atoms with Crippen LogP contribution >= 0.6 is 0 Å². The van der Waals surface area contributed by atoms with E-state index in [9.17, 15) is 22.4 Å². The van der Waals surface area contributed by atoms with Crippen molar-refractivity contribution in [1.82, 2.24) is 10.3 Å². The summed E-state index contributed by atoms with van der Waals surface area (Å²) in [6.45, 7) is 0. The summed E-state index contributed by atoms with van der Waals surface area (Å²) in [6.07, 6.45) is 3.03. The van der Waals surface area contributed by atoms with Gasteiger partial charge in [-0.3, -0.25) is 9.59 Å². The fourth-order valence-corrected chi connectivity index (χ4v) is 4.27. The van der Waals surface area contributed by atoms with Crippen molar-refractivity contribution < 1.29 is 22.4 Å². The third-order valence-corrected chi connectivity index (χ3v) is 6.47. The molecule has 9 heteroatoms. The average Bonchev–Trinajstić information content (AvgIpc) is 3.21. The molecule has 0 aliphatic carbocycles. The summed E-state index contributed by atoms with van der Waals surface area (Å²) in [5.41, 5.74) is 2.20. The van der Waals surface area contributed by atoms with Crippen LogP contribution in [-0.2, 0) is 21.1 Å². The summed E-state index contributed by atoms with van der Waals surface area (Å²) >= 11 is 0. The summed E-state index contributed by atoms with van der Waals surface area (Å²) in [5.74, 6) is -1.54. The second-order valence-electron chi connectivity index (χ2n) is 7.89. The molecule has 2 amide bonds. The first-order chi connectivity index (χ1) is 16.2. The van der Waals surface area contributed by atoms with Crippen molar-refractivity contribution in [3.63, 3.8) is 0 Å². The Kier molecular flexibility index (Phi) is 6.47. The molecular formula is C25H22FN3O4S. The highest BCUT2D eigenvalue weighted by Crippen LogP contribution is 2.21. The van der Waals surface area contributed by atoms with Crippen LogP contribution in [0.3, 0.4) is 0 Å². The Hall–Kier alpha value is -3.98. The minimum absolute atomic E-state index is 0.0637. The van der Waals surface area contributed by atoms with E-state index < -0.39 is 33.5 Å². The number of nitrogens with one attached hydrogen (secondary N) is 3. The van der Waals surface area contributed by atoms with Crippen molar-refractivity contribution in [1.29, 1.82) is 0 Å². The van der Waals surface area contributed by atoms with Gasteiger partial charge in [-0.15, -0.1) is 0 Å². The summed E-state index contributed by atoms with van der Waals surface area (Å²) in [6, 6.07) is 17.5. The van der Waals surface area contributed by atoms with Gasteiger partial charge in [-0.2, -0.15) is 0 Å². The first kappa shape index (κ1) is 23.2. The Bertz CT molecular complexity index is 1460. The number of halogens is 1. The van der Waals surface area contributed by atoms with E-state index >= 15 is 0 Å². The van der Waals surface area contributed by atoms with Crippen LogP contribution in [0.5, 0.6) is 0 Å². The van der Waals surface area contributed by atoms with Crippen molar-refractivity contribution in [3.8, 4) is 0 Å². The molecule has 0 fully saturated rings. The lowest BCUT2D eigenvalue weighted by atomic mass is 10.0. The molecule has 0 spiro atoms. The highest BCUT2D eigenvalue weighted by Gasteiger charge is 2.24. The standard InChI is InChI=1S/C25H22FN3O4S/c1-34(32,33)20-6-4-5-19(14-20)28-25(31)23(29-24(30)16-9-11-18(26)12-10-16)13-17-15-27-22-8-3-2-7-21(17)22/h2-12,14-15,23,27H,13H2,1H3,(H,28,31)(H,29,30)/t23-/m1/s1. The Morgan fingerprint density at radius 2 is 1.74 bits per heavy atom. The maximum absolute atomic E-state index is 13.3. The van der Waals surface area contributed by atoms with E-state index in [-0.39, 0.29) is 22.6 Å². The molecule has 0 aliphatic rings. The minimum atomic E-state index is -3.46. The van der Waals surface area contributed by atoms with Crippen LogP contribution in [0.15, 0.2) is 83.9 Å². The fourth-order valence-electron chi connectivity index (χ4n) is 3.61. The van der Waals surface area contributed by atoms with Crippen molar-refractivity contribution in [2.75, 3.05) is 11.6 Å². The molecule has 7 nitrogen and oxygen atoms in total. The monoisotopic (exact) mass is 479 g/mol. The summed E-state index contributed by atoms with van der Waals surface area (Å²) in [7, 11) is -3.46. The van der Waals surface area contributed by atoms with Crippen LogP contribution in [0.4, 0.5) is 10.1 Å². The van der Waals surface area contributed by atoms with Gasteiger partial charge in [0.15, 0.2) is 9.84 Å². The molecule has 4 aromatic rings. The third-order valence-electron chi connectivity index (χ3n) is 5.36. The van der Waals surface area contributed by atoms with Crippen LogP contribution in [0.1, 0.15) is 15.9 Å². The first-order valence-electron chi connectivity index (χ1n) is 10.4. The number of aromatic amines is 1. The summed E-state index contributed by atoms with van der Waals surface area (Å²) < 4.78 is 37.0. The normalized spacial score (nSPS) is 12.3. The van der Waals surface area contributed by atoms with Crippen molar-refractivity contribution in [2.45, 2.75) is 17.4 Å². The van der Waals surface area contributed by atoms with Gasteiger partial charge < -0.3 is 15.6 Å². The zero-order valence-electron chi connectivity index (χ0n) is 18.2. The van der Waals surface area contributed by atoms with Gasteiger partial charge in [-0.25, -0.2) is 12.8 Å². The van der Waals surface area contributed by atoms with Gasteiger partial charge in [0.05, 0.1) is 4.90 Å². The molecule has 0 saturated carbocycles. The molecule has 0 aliphatic heterocycles. The zero-order valence-corrected chi connectivity index (χ0v) is 19.0. The second kappa shape index (κ2) is 9.48. The van der Waals surface area contributed by atoms with E-state index in [1.165, 1.54) is 42.5 Å². The molecule has 3 aromatic carbocycles. The third kappa shape index (κ3) is 5.32. The predicted octanol–water partition coefficient (Wildman–Crippen LogP) is 3.69. The molecule has 174 valence electrons. The highest BCUT2D eigenvalue weighted by atomic mass is 32.2. The van der Waals surface area contributed by atoms with Crippen LogP contribution < -0.4 is 10.6 Å².